The van der Waals surface area contributed by atoms with Gasteiger partial charge in [-0.2, -0.15) is 0 Å². The van der Waals surface area contributed by atoms with Crippen LogP contribution in [0.1, 0.15) is 53.9 Å². The number of rotatable bonds is 4. The fourth-order valence-electron chi connectivity index (χ4n) is 3.24. The predicted molar refractivity (Wildman–Crippen MR) is 74.2 cm³/mol. The Hall–Kier alpha value is -0.570. The van der Waals surface area contributed by atoms with E-state index in [-0.39, 0.29) is 11.8 Å². The van der Waals surface area contributed by atoms with Gasteiger partial charge in [0.15, 0.2) is 0 Å². The number of carbonyl (C=O) groups is 1. The van der Waals surface area contributed by atoms with Crippen molar-refractivity contribution in [2.45, 2.75) is 59.5 Å². The van der Waals surface area contributed by atoms with Crippen LogP contribution < -0.4 is 0 Å². The van der Waals surface area contributed by atoms with Crippen LogP contribution in [0, 0.1) is 17.8 Å². The van der Waals surface area contributed by atoms with Crippen molar-refractivity contribution < 1.29 is 9.90 Å². The van der Waals surface area contributed by atoms with Crippen LogP contribution in [0.3, 0.4) is 0 Å². The quantitative estimate of drug-likeness (QED) is 0.839. The van der Waals surface area contributed by atoms with E-state index < -0.39 is 5.60 Å². The normalized spacial score (nSPS) is 32.6. The number of carbonyl (C=O) groups excluding carboxylic acids is 1. The second-order valence-electron chi connectivity index (χ2n) is 6.26. The molecule has 0 heterocycles. The summed E-state index contributed by atoms with van der Waals surface area (Å²) in [6, 6.07) is 0. The van der Waals surface area contributed by atoms with Gasteiger partial charge in [-0.25, -0.2) is 0 Å². The first-order valence-electron chi connectivity index (χ1n) is 7.33. The van der Waals surface area contributed by atoms with Gasteiger partial charge >= 0.3 is 0 Å². The van der Waals surface area contributed by atoms with Crippen molar-refractivity contribution in [2.75, 3.05) is 13.1 Å². The van der Waals surface area contributed by atoms with Crippen molar-refractivity contribution >= 4 is 5.91 Å². The fraction of sp³-hybridized carbons (Fsp3) is 0.933. The fourth-order valence-corrected chi connectivity index (χ4v) is 3.24. The van der Waals surface area contributed by atoms with Gasteiger partial charge in [-0.15, -0.1) is 0 Å². The Kier molecular flexibility index (Phi) is 5.20. The topological polar surface area (TPSA) is 40.5 Å². The molecule has 0 aromatic carbocycles. The molecule has 1 aliphatic carbocycles. The van der Waals surface area contributed by atoms with Gasteiger partial charge in [-0.3, -0.25) is 4.79 Å². The lowest BCUT2D eigenvalue weighted by atomic mass is 9.68. The number of nitrogens with zero attached hydrogens (tertiary/aromatic N) is 1. The molecule has 1 rings (SSSR count). The van der Waals surface area contributed by atoms with Gasteiger partial charge in [0, 0.05) is 19.0 Å². The van der Waals surface area contributed by atoms with Crippen LogP contribution in [0.15, 0.2) is 0 Å². The molecule has 18 heavy (non-hydrogen) atoms. The molecule has 1 saturated carbocycles. The van der Waals surface area contributed by atoms with E-state index in [1.54, 1.807) is 0 Å². The van der Waals surface area contributed by atoms with E-state index in [1.807, 2.05) is 25.7 Å². The van der Waals surface area contributed by atoms with Crippen molar-refractivity contribution in [1.29, 1.82) is 0 Å². The summed E-state index contributed by atoms with van der Waals surface area (Å²) in [6.45, 7) is 11.8. The molecule has 0 bridgehead atoms. The number of hydrogen-bond donors (Lipinski definition) is 1. The van der Waals surface area contributed by atoms with Crippen LogP contribution in [0.4, 0.5) is 0 Å². The lowest BCUT2D eigenvalue weighted by molar-refractivity contribution is -0.144. The first-order valence-corrected chi connectivity index (χ1v) is 7.33. The largest absolute Gasteiger partial charge is 0.390 e. The van der Waals surface area contributed by atoms with E-state index in [0.29, 0.717) is 18.3 Å². The average Bonchev–Trinajstić information content (AvgIpc) is 2.28. The van der Waals surface area contributed by atoms with E-state index in [9.17, 15) is 9.90 Å². The minimum atomic E-state index is -0.668. The van der Waals surface area contributed by atoms with Gasteiger partial charge in [0.25, 0.3) is 0 Å². The highest BCUT2D eigenvalue weighted by molar-refractivity contribution is 5.79. The van der Waals surface area contributed by atoms with Gasteiger partial charge in [0.2, 0.25) is 5.91 Å². The maximum absolute atomic E-state index is 12.6. The Morgan fingerprint density at radius 3 is 2.39 bits per heavy atom. The standard InChI is InChI=1S/C15H29NO2/c1-6-16(7-2)14(17)13-10-15(5,18)9-8-12(13)11(3)4/h11-13,18H,6-10H2,1-5H3. The van der Waals surface area contributed by atoms with Gasteiger partial charge in [0.05, 0.1) is 5.60 Å². The van der Waals surface area contributed by atoms with Crippen LogP contribution in [0.2, 0.25) is 0 Å². The Morgan fingerprint density at radius 2 is 1.94 bits per heavy atom. The molecule has 1 fully saturated rings. The molecule has 0 radical (unpaired) electrons. The highest BCUT2D eigenvalue weighted by Crippen LogP contribution is 2.40. The van der Waals surface area contributed by atoms with Crippen LogP contribution in [-0.2, 0) is 4.79 Å². The maximum Gasteiger partial charge on any atom is 0.226 e. The second kappa shape index (κ2) is 6.05. The van der Waals surface area contributed by atoms with E-state index >= 15 is 0 Å². The Bertz CT molecular complexity index is 282. The lowest BCUT2D eigenvalue weighted by Crippen LogP contribution is -2.47. The molecule has 0 aliphatic heterocycles. The molecule has 3 unspecified atom stereocenters. The van der Waals surface area contributed by atoms with Gasteiger partial charge < -0.3 is 10.0 Å². The summed E-state index contributed by atoms with van der Waals surface area (Å²) < 4.78 is 0. The molecule has 3 nitrogen and oxygen atoms in total. The highest BCUT2D eigenvalue weighted by atomic mass is 16.3. The Balaban J connectivity index is 2.87. The molecular formula is C15H29NO2. The summed E-state index contributed by atoms with van der Waals surface area (Å²) in [6.07, 6.45) is 2.39. The number of hydrogen-bond acceptors (Lipinski definition) is 2. The van der Waals surface area contributed by atoms with Crippen LogP contribution in [0.5, 0.6) is 0 Å². The van der Waals surface area contributed by atoms with Crippen molar-refractivity contribution in [3.63, 3.8) is 0 Å². The number of amides is 1. The molecule has 106 valence electrons. The molecule has 1 N–H and O–H groups in total. The summed E-state index contributed by atoms with van der Waals surface area (Å²) in [4.78, 5) is 14.5. The summed E-state index contributed by atoms with van der Waals surface area (Å²) in [5.74, 6) is 1.15. The average molecular weight is 255 g/mol. The maximum atomic E-state index is 12.6. The summed E-state index contributed by atoms with van der Waals surface area (Å²) >= 11 is 0. The third-order valence-electron chi connectivity index (χ3n) is 4.44. The van der Waals surface area contributed by atoms with Crippen LogP contribution in [-0.4, -0.2) is 34.6 Å². The molecule has 0 aromatic rings. The molecule has 1 amide bonds. The van der Waals surface area contributed by atoms with Crippen molar-refractivity contribution in [3.8, 4) is 0 Å². The minimum absolute atomic E-state index is 0.00588. The van der Waals surface area contributed by atoms with Gasteiger partial charge in [0.1, 0.15) is 0 Å². The molecule has 0 aromatic heterocycles. The minimum Gasteiger partial charge on any atom is -0.390 e. The monoisotopic (exact) mass is 255 g/mol. The summed E-state index contributed by atoms with van der Waals surface area (Å²) in [5, 5.41) is 10.2. The predicted octanol–water partition coefficient (Wildman–Crippen LogP) is 2.68. The molecular weight excluding hydrogens is 226 g/mol. The van der Waals surface area contributed by atoms with E-state index in [4.69, 9.17) is 0 Å². The molecule has 3 atom stereocenters. The smallest absolute Gasteiger partial charge is 0.226 e. The lowest BCUT2D eigenvalue weighted by Gasteiger charge is -2.42. The van der Waals surface area contributed by atoms with E-state index in [2.05, 4.69) is 13.8 Å². The number of aliphatic hydroxyl groups is 1. The van der Waals surface area contributed by atoms with Crippen molar-refractivity contribution in [2.24, 2.45) is 17.8 Å². The zero-order valence-electron chi connectivity index (χ0n) is 12.6. The van der Waals surface area contributed by atoms with Gasteiger partial charge in [-0.05, 0) is 51.9 Å². The first-order chi connectivity index (χ1) is 8.32. The molecule has 0 spiro atoms. The zero-order chi connectivity index (χ0) is 13.9. The molecule has 1 aliphatic rings. The van der Waals surface area contributed by atoms with E-state index in [1.165, 1.54) is 0 Å². The Morgan fingerprint density at radius 1 is 1.39 bits per heavy atom. The van der Waals surface area contributed by atoms with Crippen molar-refractivity contribution in [3.05, 3.63) is 0 Å². The summed E-state index contributed by atoms with van der Waals surface area (Å²) in [5.41, 5.74) is -0.668. The van der Waals surface area contributed by atoms with Crippen LogP contribution >= 0.6 is 0 Å². The Labute approximate surface area is 112 Å². The third-order valence-corrected chi connectivity index (χ3v) is 4.44. The summed E-state index contributed by atoms with van der Waals surface area (Å²) in [7, 11) is 0. The van der Waals surface area contributed by atoms with Gasteiger partial charge in [-0.1, -0.05) is 13.8 Å². The first kappa shape index (κ1) is 15.5. The van der Waals surface area contributed by atoms with Crippen molar-refractivity contribution in [1.82, 2.24) is 4.90 Å². The molecule has 3 heteroatoms. The van der Waals surface area contributed by atoms with E-state index in [0.717, 1.165) is 25.9 Å². The second-order valence-corrected chi connectivity index (χ2v) is 6.26. The highest BCUT2D eigenvalue weighted by Gasteiger charge is 2.42. The van der Waals surface area contributed by atoms with Crippen LogP contribution in [0.25, 0.3) is 0 Å². The third kappa shape index (κ3) is 3.47. The molecule has 0 saturated heterocycles. The zero-order valence-corrected chi connectivity index (χ0v) is 12.6. The SMILES string of the molecule is CCN(CC)C(=O)C1CC(C)(O)CCC1C(C)C.